The Labute approximate surface area is 207 Å². The summed E-state index contributed by atoms with van der Waals surface area (Å²) in [5.74, 6) is -1.56. The summed E-state index contributed by atoms with van der Waals surface area (Å²) in [5, 5.41) is 18.6. The van der Waals surface area contributed by atoms with Gasteiger partial charge in [0.1, 0.15) is 12.1 Å². The third-order valence-electron chi connectivity index (χ3n) is 5.17. The van der Waals surface area contributed by atoms with Crippen LogP contribution in [0.3, 0.4) is 0 Å². The van der Waals surface area contributed by atoms with Crippen LogP contribution >= 0.6 is 0 Å². The van der Waals surface area contributed by atoms with E-state index in [4.69, 9.17) is 27.5 Å². The summed E-state index contributed by atoms with van der Waals surface area (Å²) in [7, 11) is 0. The van der Waals surface area contributed by atoms with Crippen molar-refractivity contribution in [2.75, 3.05) is 6.54 Å². The lowest BCUT2D eigenvalue weighted by Crippen LogP contribution is -2.48. The predicted octanol–water partition coefficient (Wildman–Crippen LogP) is -0.267. The van der Waals surface area contributed by atoms with Crippen molar-refractivity contribution >= 4 is 23.9 Å². The quantitative estimate of drug-likeness (QED) is 0.101. The van der Waals surface area contributed by atoms with Crippen molar-refractivity contribution in [1.82, 2.24) is 20.8 Å². The van der Waals surface area contributed by atoms with E-state index in [1.165, 1.54) is 0 Å². The minimum atomic E-state index is -1.18. The number of nitrogens with two attached hydrogens (primary N) is 4. The number of nitrogens with zero attached hydrogens (tertiary/aromatic N) is 3. The Balaban J connectivity index is 2.11. The summed E-state index contributed by atoms with van der Waals surface area (Å²) in [5.41, 5.74) is 23.6. The Morgan fingerprint density at radius 2 is 1.92 bits per heavy atom. The number of carbonyl (C=O) groups excluding carboxylic acids is 2. The largest absolute Gasteiger partial charge is 0.480 e. The highest BCUT2D eigenvalue weighted by Gasteiger charge is 2.26. The number of primary amides is 1. The fourth-order valence-corrected chi connectivity index (χ4v) is 3.36. The van der Waals surface area contributed by atoms with E-state index in [1.807, 2.05) is 25.1 Å². The number of amides is 3. The van der Waals surface area contributed by atoms with Gasteiger partial charge in [0.2, 0.25) is 11.8 Å². The molecule has 0 saturated heterocycles. The molecule has 1 heterocycles. The number of guanidine groups is 1. The number of benzene rings is 1. The van der Waals surface area contributed by atoms with Crippen molar-refractivity contribution in [2.45, 2.75) is 57.2 Å². The van der Waals surface area contributed by atoms with Crippen molar-refractivity contribution in [3.63, 3.8) is 0 Å². The van der Waals surface area contributed by atoms with E-state index in [9.17, 15) is 19.5 Å². The summed E-state index contributed by atoms with van der Waals surface area (Å²) >= 11 is 0. The highest BCUT2D eigenvalue weighted by molar-refractivity contribution is 5.83. The van der Waals surface area contributed by atoms with E-state index in [2.05, 4.69) is 25.8 Å². The highest BCUT2D eigenvalue weighted by atomic mass is 16.5. The number of urea groups is 1. The van der Waals surface area contributed by atoms with Gasteiger partial charge in [0.05, 0.1) is 6.04 Å². The third kappa shape index (κ3) is 9.58. The Morgan fingerprint density at radius 3 is 2.56 bits per heavy atom. The van der Waals surface area contributed by atoms with Gasteiger partial charge in [-0.3, -0.25) is 9.79 Å². The first kappa shape index (κ1) is 28.0. The van der Waals surface area contributed by atoms with Gasteiger partial charge < -0.3 is 43.2 Å². The van der Waals surface area contributed by atoms with E-state index < -0.39 is 36.0 Å². The average Bonchev–Trinajstić information content (AvgIpc) is 3.29. The predicted molar refractivity (Wildman–Crippen MR) is 130 cm³/mol. The lowest BCUT2D eigenvalue weighted by Gasteiger charge is -2.19. The molecule has 3 atom stereocenters. The monoisotopic (exact) mass is 503 g/mol. The summed E-state index contributed by atoms with van der Waals surface area (Å²) in [6.45, 7) is 2.18. The van der Waals surface area contributed by atoms with Gasteiger partial charge in [-0.25, -0.2) is 9.59 Å². The molecule has 0 fully saturated rings. The first-order valence-corrected chi connectivity index (χ1v) is 11.3. The molecule has 0 spiro atoms. The first-order chi connectivity index (χ1) is 17.0. The van der Waals surface area contributed by atoms with Crippen molar-refractivity contribution < 1.29 is 24.0 Å². The molecule has 2 aromatic rings. The number of hydrogen-bond donors (Lipinski definition) is 7. The number of carboxylic acid groups (broad SMARTS) is 1. The topological polar surface area (TPSA) is 251 Å². The molecule has 11 N–H and O–H groups in total. The number of aliphatic imine (C=N–C) groups is 1. The number of aliphatic carboxylic acids is 1. The van der Waals surface area contributed by atoms with Gasteiger partial charge in [-0.05, 0) is 31.7 Å². The molecule has 196 valence electrons. The summed E-state index contributed by atoms with van der Waals surface area (Å²) in [6, 6.07) is 3.96. The maximum absolute atomic E-state index is 12.7. The number of nitrogens with one attached hydrogen (secondary N) is 2. The second-order valence-electron chi connectivity index (χ2n) is 8.31. The minimum absolute atomic E-state index is 0.0468. The zero-order chi connectivity index (χ0) is 26.7. The van der Waals surface area contributed by atoms with Crippen molar-refractivity contribution in [3.8, 4) is 0 Å². The van der Waals surface area contributed by atoms with Crippen LogP contribution < -0.4 is 33.6 Å². The average molecular weight is 504 g/mol. The van der Waals surface area contributed by atoms with Crippen molar-refractivity contribution in [1.29, 1.82) is 0 Å². The normalized spacial score (nSPS) is 13.3. The molecule has 0 radical (unpaired) electrons. The van der Waals surface area contributed by atoms with E-state index in [0.29, 0.717) is 12.8 Å². The van der Waals surface area contributed by atoms with Gasteiger partial charge >= 0.3 is 12.0 Å². The van der Waals surface area contributed by atoms with Crippen molar-refractivity contribution in [3.05, 3.63) is 47.1 Å². The molecule has 3 amide bonds. The maximum atomic E-state index is 12.7. The van der Waals surface area contributed by atoms with Crippen LogP contribution in [0, 0.1) is 6.92 Å². The summed E-state index contributed by atoms with van der Waals surface area (Å²) in [6.07, 6.45) is 1.11. The molecule has 0 unspecified atom stereocenters. The molecule has 36 heavy (non-hydrogen) atoms. The fraction of sp³-hybridized carbons (Fsp3) is 0.455. The van der Waals surface area contributed by atoms with Crippen LogP contribution in [0.1, 0.15) is 60.6 Å². The van der Waals surface area contributed by atoms with Crippen LogP contribution in [-0.4, -0.2) is 51.7 Å². The molecular formula is C22H33N9O5. The summed E-state index contributed by atoms with van der Waals surface area (Å²) in [4.78, 5) is 43.7. The zero-order valence-electron chi connectivity index (χ0n) is 20.0. The van der Waals surface area contributed by atoms with Gasteiger partial charge in [-0.15, -0.1) is 0 Å². The molecular weight excluding hydrogens is 470 g/mol. The number of carbonyl (C=O) groups is 3. The number of aromatic nitrogens is 2. The minimum Gasteiger partial charge on any atom is -0.480 e. The maximum Gasteiger partial charge on any atom is 0.326 e. The second kappa shape index (κ2) is 13.6. The number of hydrogen-bond acceptors (Lipinski definition) is 8. The Bertz CT molecular complexity index is 1070. The van der Waals surface area contributed by atoms with Gasteiger partial charge in [0.15, 0.2) is 11.8 Å². The standard InChI is InChI=1S/C22H33N9O5/c1-12-4-2-5-13(10-12)11-16(20(33)34)29-22(35)28-15(6-3-9-27-21(25)26)19-30-18(31-36-19)14(23)7-8-17(24)32/h2,4-5,10,14-16H,3,6-9,11,23H2,1H3,(H2,24,32)(H,33,34)(H4,25,26,27)(H2,28,29,35)/t14-,15-,16-/m0/s1. The lowest BCUT2D eigenvalue weighted by molar-refractivity contribution is -0.139. The molecule has 0 aliphatic carbocycles. The highest BCUT2D eigenvalue weighted by Crippen LogP contribution is 2.20. The van der Waals surface area contributed by atoms with E-state index in [1.54, 1.807) is 6.07 Å². The smallest absolute Gasteiger partial charge is 0.326 e. The van der Waals surface area contributed by atoms with E-state index >= 15 is 0 Å². The molecule has 14 nitrogen and oxygen atoms in total. The van der Waals surface area contributed by atoms with Crippen LogP contribution in [0.15, 0.2) is 33.8 Å². The van der Waals surface area contributed by atoms with E-state index in [0.717, 1.165) is 11.1 Å². The first-order valence-electron chi connectivity index (χ1n) is 11.3. The fourth-order valence-electron chi connectivity index (χ4n) is 3.36. The van der Waals surface area contributed by atoms with Crippen LogP contribution in [0.5, 0.6) is 0 Å². The molecule has 1 aromatic carbocycles. The molecule has 1 aromatic heterocycles. The lowest BCUT2D eigenvalue weighted by atomic mass is 10.0. The number of rotatable bonds is 14. The van der Waals surface area contributed by atoms with Crippen LogP contribution in [0.25, 0.3) is 0 Å². The molecule has 2 rings (SSSR count). The molecule has 0 bridgehead atoms. The molecule has 0 saturated carbocycles. The Morgan fingerprint density at radius 1 is 1.17 bits per heavy atom. The van der Waals surface area contributed by atoms with Gasteiger partial charge in [-0.2, -0.15) is 4.98 Å². The second-order valence-corrected chi connectivity index (χ2v) is 8.31. The Hall–Kier alpha value is -4.20. The molecule has 0 aliphatic rings. The number of carboxylic acids is 1. The van der Waals surface area contributed by atoms with Gasteiger partial charge in [0, 0.05) is 19.4 Å². The van der Waals surface area contributed by atoms with Gasteiger partial charge in [0.25, 0.3) is 0 Å². The van der Waals surface area contributed by atoms with Crippen molar-refractivity contribution in [2.24, 2.45) is 27.9 Å². The SMILES string of the molecule is Cc1cccc(C[C@H](NC(=O)N[C@@H](CCCN=C(N)N)c2nc([C@@H](N)CCC(N)=O)no2)C(=O)O)c1. The molecule has 0 aliphatic heterocycles. The van der Waals surface area contributed by atoms with Crippen LogP contribution in [-0.2, 0) is 16.0 Å². The van der Waals surface area contributed by atoms with Gasteiger partial charge in [-0.1, -0.05) is 35.0 Å². The Kier molecular flexibility index (Phi) is 10.6. The van der Waals surface area contributed by atoms with Crippen LogP contribution in [0.2, 0.25) is 0 Å². The zero-order valence-corrected chi connectivity index (χ0v) is 20.0. The van der Waals surface area contributed by atoms with E-state index in [-0.39, 0.29) is 43.5 Å². The third-order valence-corrected chi connectivity index (χ3v) is 5.17. The van der Waals surface area contributed by atoms with Crippen LogP contribution in [0.4, 0.5) is 4.79 Å². The molecule has 14 heteroatoms. The summed E-state index contributed by atoms with van der Waals surface area (Å²) < 4.78 is 5.29. The number of aryl methyl sites for hydroxylation is 1.